The highest BCUT2D eigenvalue weighted by atomic mass is 16.3. The van der Waals surface area contributed by atoms with Gasteiger partial charge in [0, 0.05) is 23.4 Å². The summed E-state index contributed by atoms with van der Waals surface area (Å²) in [6, 6.07) is 9.05. The molecule has 2 amide bonds. The second-order valence-corrected chi connectivity index (χ2v) is 8.21. The molecule has 3 aromatic rings. The van der Waals surface area contributed by atoms with E-state index in [0.717, 1.165) is 29.5 Å². The summed E-state index contributed by atoms with van der Waals surface area (Å²) in [6.07, 6.45) is 6.29. The van der Waals surface area contributed by atoms with Crippen LogP contribution in [0.5, 0.6) is 0 Å². The summed E-state index contributed by atoms with van der Waals surface area (Å²) in [5.41, 5.74) is 14.2. The number of benzene rings is 1. The van der Waals surface area contributed by atoms with Gasteiger partial charge in [0.1, 0.15) is 0 Å². The smallest absolute Gasteiger partial charge is 0.252 e. The average molecular weight is 407 g/mol. The molecule has 1 aliphatic rings. The Kier molecular flexibility index (Phi) is 4.95. The number of carbonyl (C=O) groups is 2. The van der Waals surface area contributed by atoms with Gasteiger partial charge in [-0.3, -0.25) is 9.59 Å². The van der Waals surface area contributed by atoms with E-state index in [1.165, 1.54) is 6.20 Å². The summed E-state index contributed by atoms with van der Waals surface area (Å²) < 4.78 is 1.70. The van der Waals surface area contributed by atoms with E-state index < -0.39 is 17.4 Å². The molecule has 0 spiro atoms. The lowest BCUT2D eigenvalue weighted by molar-refractivity contribution is 0.0196. The Hall–Kier alpha value is -3.39. The first-order valence-corrected chi connectivity index (χ1v) is 9.94. The van der Waals surface area contributed by atoms with Crippen molar-refractivity contribution in [2.24, 2.45) is 11.5 Å². The van der Waals surface area contributed by atoms with Crippen molar-refractivity contribution >= 4 is 23.0 Å². The fourth-order valence-corrected chi connectivity index (χ4v) is 3.97. The Bertz CT molecular complexity index is 1110. The zero-order chi connectivity index (χ0) is 21.5. The monoisotopic (exact) mass is 407 g/mol. The van der Waals surface area contributed by atoms with Crippen LogP contribution < -0.4 is 16.8 Å². The molecule has 1 aliphatic carbocycles. The number of hydrogen-bond acceptors (Lipinski definition) is 5. The average Bonchev–Trinajstić information content (AvgIpc) is 3.14. The van der Waals surface area contributed by atoms with Crippen LogP contribution in [0.3, 0.4) is 0 Å². The summed E-state index contributed by atoms with van der Waals surface area (Å²) in [6.45, 7) is 1.85. The van der Waals surface area contributed by atoms with Crippen molar-refractivity contribution in [3.05, 3.63) is 53.9 Å². The highest BCUT2D eigenvalue weighted by Gasteiger charge is 2.29. The Labute approximate surface area is 173 Å². The summed E-state index contributed by atoms with van der Waals surface area (Å²) in [5.74, 6) is -1.03. The number of rotatable bonds is 5. The maximum Gasteiger partial charge on any atom is 0.252 e. The Morgan fingerprint density at radius 3 is 2.40 bits per heavy atom. The van der Waals surface area contributed by atoms with E-state index in [1.807, 2.05) is 31.3 Å². The quantitative estimate of drug-likeness (QED) is 0.514. The van der Waals surface area contributed by atoms with Gasteiger partial charge in [0.2, 0.25) is 5.91 Å². The van der Waals surface area contributed by atoms with Crippen LogP contribution in [0.15, 0.2) is 42.7 Å². The van der Waals surface area contributed by atoms with Crippen molar-refractivity contribution in [2.75, 3.05) is 5.32 Å². The topological polar surface area (TPSA) is 136 Å². The van der Waals surface area contributed by atoms with E-state index in [1.54, 1.807) is 16.6 Å². The summed E-state index contributed by atoms with van der Waals surface area (Å²) in [5, 5.41) is 18.0. The molecule has 0 bridgehead atoms. The minimum absolute atomic E-state index is 0.128. The van der Waals surface area contributed by atoms with Crippen molar-refractivity contribution in [3.8, 4) is 11.1 Å². The predicted molar refractivity (Wildman–Crippen MR) is 114 cm³/mol. The maximum absolute atomic E-state index is 12.0. The van der Waals surface area contributed by atoms with Crippen LogP contribution in [0.4, 0.5) is 5.69 Å². The van der Waals surface area contributed by atoms with Gasteiger partial charge in [-0.1, -0.05) is 12.1 Å². The number of hydrogen-bond donors (Lipinski definition) is 4. The first kappa shape index (κ1) is 19.9. The normalized spacial score (nSPS) is 21.5. The minimum atomic E-state index is -0.641. The lowest BCUT2D eigenvalue weighted by Crippen LogP contribution is -2.36. The molecule has 0 atom stereocenters. The number of nitrogens with zero attached hydrogens (tertiary/aromatic N) is 2. The van der Waals surface area contributed by atoms with Crippen LogP contribution in [0.2, 0.25) is 0 Å². The van der Waals surface area contributed by atoms with Crippen LogP contribution in [-0.2, 0) is 0 Å². The third-order valence-electron chi connectivity index (χ3n) is 5.82. The summed E-state index contributed by atoms with van der Waals surface area (Å²) >= 11 is 0. The zero-order valence-corrected chi connectivity index (χ0v) is 16.8. The lowest BCUT2D eigenvalue weighted by Gasteiger charge is -2.34. The molecule has 6 N–H and O–H groups in total. The van der Waals surface area contributed by atoms with E-state index in [-0.39, 0.29) is 6.04 Å². The van der Waals surface area contributed by atoms with Crippen LogP contribution in [0.25, 0.3) is 16.6 Å². The molecule has 30 heavy (non-hydrogen) atoms. The largest absolute Gasteiger partial charge is 0.390 e. The molecule has 2 heterocycles. The van der Waals surface area contributed by atoms with Gasteiger partial charge in [0.15, 0.2) is 0 Å². The predicted octanol–water partition coefficient (Wildman–Crippen LogP) is 2.30. The Morgan fingerprint density at radius 2 is 1.80 bits per heavy atom. The van der Waals surface area contributed by atoms with Gasteiger partial charge in [-0.2, -0.15) is 5.10 Å². The van der Waals surface area contributed by atoms with Crippen molar-refractivity contribution in [1.82, 2.24) is 9.61 Å². The fourth-order valence-electron chi connectivity index (χ4n) is 3.97. The second kappa shape index (κ2) is 7.46. The lowest BCUT2D eigenvalue weighted by atomic mass is 9.83. The van der Waals surface area contributed by atoms with Gasteiger partial charge < -0.3 is 21.9 Å². The van der Waals surface area contributed by atoms with Gasteiger partial charge >= 0.3 is 0 Å². The molecule has 4 rings (SSSR count). The number of carbonyl (C=O) groups excluding carboxylic acids is 2. The molecule has 8 nitrogen and oxygen atoms in total. The molecule has 8 heteroatoms. The fraction of sp³-hybridized carbons (Fsp3) is 0.318. The van der Waals surface area contributed by atoms with E-state index in [0.29, 0.717) is 29.7 Å². The van der Waals surface area contributed by atoms with Gasteiger partial charge in [0.05, 0.1) is 28.6 Å². The number of aliphatic hydroxyl groups is 1. The van der Waals surface area contributed by atoms with E-state index >= 15 is 0 Å². The Balaban J connectivity index is 1.71. The highest BCUT2D eigenvalue weighted by Crippen LogP contribution is 2.33. The first-order valence-electron chi connectivity index (χ1n) is 9.94. The van der Waals surface area contributed by atoms with Gasteiger partial charge in [0.25, 0.3) is 5.91 Å². The molecule has 0 radical (unpaired) electrons. The highest BCUT2D eigenvalue weighted by molar-refractivity contribution is 6.02. The molecule has 1 fully saturated rings. The number of aromatic nitrogens is 2. The van der Waals surface area contributed by atoms with Crippen molar-refractivity contribution in [3.63, 3.8) is 0 Å². The third kappa shape index (κ3) is 3.86. The number of primary amides is 2. The van der Waals surface area contributed by atoms with E-state index in [2.05, 4.69) is 10.4 Å². The van der Waals surface area contributed by atoms with Crippen LogP contribution in [0.1, 0.15) is 53.3 Å². The third-order valence-corrected chi connectivity index (χ3v) is 5.82. The summed E-state index contributed by atoms with van der Waals surface area (Å²) in [7, 11) is 0. The zero-order valence-electron chi connectivity index (χ0n) is 16.8. The van der Waals surface area contributed by atoms with Crippen molar-refractivity contribution in [2.45, 2.75) is 44.2 Å². The molecule has 2 aromatic heterocycles. The Morgan fingerprint density at radius 1 is 1.13 bits per heavy atom. The molecular weight excluding hydrogens is 382 g/mol. The molecule has 0 aliphatic heterocycles. The standard InChI is InChI=1S/C22H25N5O3/c1-22(30)8-6-16(7-9-22)26-19-17(21(24)29)11-25-27-12-15(10-18(19)27)13-2-4-14(5-3-13)20(23)28/h2-5,10-12,16,26,30H,6-9H2,1H3,(H2,23,28)(H2,24,29)/t16-,22-. The van der Waals surface area contributed by atoms with Gasteiger partial charge in [-0.25, -0.2) is 4.52 Å². The minimum Gasteiger partial charge on any atom is -0.390 e. The van der Waals surface area contributed by atoms with Crippen molar-refractivity contribution in [1.29, 1.82) is 0 Å². The first-order chi connectivity index (χ1) is 14.2. The number of fused-ring (bicyclic) bond motifs is 1. The summed E-state index contributed by atoms with van der Waals surface area (Å²) in [4.78, 5) is 23.3. The number of nitrogens with two attached hydrogens (primary N) is 2. The number of nitrogens with one attached hydrogen (secondary N) is 1. The maximum atomic E-state index is 12.0. The molecule has 1 saturated carbocycles. The van der Waals surface area contributed by atoms with E-state index in [4.69, 9.17) is 11.5 Å². The van der Waals surface area contributed by atoms with E-state index in [9.17, 15) is 14.7 Å². The molecule has 1 aromatic carbocycles. The van der Waals surface area contributed by atoms with Crippen molar-refractivity contribution < 1.29 is 14.7 Å². The molecule has 0 unspecified atom stereocenters. The second-order valence-electron chi connectivity index (χ2n) is 8.21. The molecule has 0 saturated heterocycles. The number of anilines is 1. The van der Waals surface area contributed by atoms with Gasteiger partial charge in [-0.05, 0) is 56.4 Å². The number of amides is 2. The van der Waals surface area contributed by atoms with Crippen LogP contribution >= 0.6 is 0 Å². The van der Waals surface area contributed by atoms with Gasteiger partial charge in [-0.15, -0.1) is 0 Å². The van der Waals surface area contributed by atoms with Crippen LogP contribution in [-0.4, -0.2) is 38.2 Å². The molecule has 156 valence electrons. The SMILES string of the molecule is C[C@]1(O)CC[C@H](Nc2c(C(N)=O)cnn3cc(-c4ccc(C(N)=O)cc4)cc23)CC1. The van der Waals surface area contributed by atoms with Crippen LogP contribution in [0, 0.1) is 0 Å². The molecular formula is C22H25N5O3.